The van der Waals surface area contributed by atoms with Crippen LogP contribution in [0, 0.1) is 5.92 Å². The molecule has 2 rings (SSSR count). The van der Waals surface area contributed by atoms with Gasteiger partial charge in [0.15, 0.2) is 6.29 Å². The molecular formula is C18H32F2O3. The van der Waals surface area contributed by atoms with Gasteiger partial charge in [-0.2, -0.15) is 0 Å². The Morgan fingerprint density at radius 1 is 1.22 bits per heavy atom. The number of alkyl halides is 2. The van der Waals surface area contributed by atoms with Crippen LogP contribution >= 0.6 is 0 Å². The van der Waals surface area contributed by atoms with Crippen LogP contribution in [0.5, 0.6) is 0 Å². The van der Waals surface area contributed by atoms with Crippen LogP contribution in [-0.2, 0) is 9.47 Å². The molecule has 2 aliphatic rings. The quantitative estimate of drug-likeness (QED) is 0.666. The first kappa shape index (κ1) is 19.1. The Morgan fingerprint density at radius 3 is 2.74 bits per heavy atom. The molecule has 1 saturated carbocycles. The average molecular weight is 334 g/mol. The topological polar surface area (TPSA) is 38.7 Å². The lowest BCUT2D eigenvalue weighted by molar-refractivity contribution is -0.195. The van der Waals surface area contributed by atoms with Gasteiger partial charge in [-0.15, -0.1) is 0 Å². The first-order valence-corrected chi connectivity index (χ1v) is 9.36. The summed E-state index contributed by atoms with van der Waals surface area (Å²) in [5.74, 6) is -2.69. The van der Waals surface area contributed by atoms with E-state index in [1.54, 1.807) is 0 Å². The predicted octanol–water partition coefficient (Wildman–Crippen LogP) is 4.66. The van der Waals surface area contributed by atoms with Crippen molar-refractivity contribution < 1.29 is 23.4 Å². The summed E-state index contributed by atoms with van der Waals surface area (Å²) >= 11 is 0. The summed E-state index contributed by atoms with van der Waals surface area (Å²) < 4.78 is 39.4. The maximum absolute atomic E-state index is 13.8. The standard InChI is InChI=1S/C18H32F2O3/c1-2-3-12-18(19,20)16(21)11-10-14-7-6-8-15(14)23-17-9-4-5-13-22-17/h14-17,21H,2-13H2,1H3. The molecule has 5 heteroatoms. The fourth-order valence-electron chi connectivity index (χ4n) is 3.69. The smallest absolute Gasteiger partial charge is 0.273 e. The molecule has 4 atom stereocenters. The molecule has 1 N–H and O–H groups in total. The number of aliphatic hydroxyl groups excluding tert-OH is 1. The second-order valence-electron chi connectivity index (χ2n) is 7.12. The van der Waals surface area contributed by atoms with Gasteiger partial charge in [-0.25, -0.2) is 8.78 Å². The third-order valence-electron chi connectivity index (χ3n) is 5.22. The minimum atomic E-state index is -2.96. The highest BCUT2D eigenvalue weighted by atomic mass is 19.3. The zero-order chi connectivity index (χ0) is 16.7. The van der Waals surface area contributed by atoms with E-state index in [-0.39, 0.29) is 31.2 Å². The van der Waals surface area contributed by atoms with Gasteiger partial charge >= 0.3 is 0 Å². The van der Waals surface area contributed by atoms with E-state index in [0.717, 1.165) is 51.6 Å². The zero-order valence-electron chi connectivity index (χ0n) is 14.3. The summed E-state index contributed by atoms with van der Waals surface area (Å²) in [7, 11) is 0. The van der Waals surface area contributed by atoms with Gasteiger partial charge in [-0.1, -0.05) is 19.8 Å². The third kappa shape index (κ3) is 5.95. The molecule has 2 fully saturated rings. The van der Waals surface area contributed by atoms with Gasteiger partial charge < -0.3 is 14.6 Å². The molecule has 136 valence electrons. The fraction of sp³-hybridized carbons (Fsp3) is 1.00. The van der Waals surface area contributed by atoms with E-state index in [0.29, 0.717) is 12.8 Å². The zero-order valence-corrected chi connectivity index (χ0v) is 14.3. The van der Waals surface area contributed by atoms with Crippen molar-refractivity contribution in [1.82, 2.24) is 0 Å². The van der Waals surface area contributed by atoms with E-state index >= 15 is 0 Å². The number of aliphatic hydroxyl groups is 1. The van der Waals surface area contributed by atoms with E-state index in [4.69, 9.17) is 9.47 Å². The Bertz CT molecular complexity index is 332. The van der Waals surface area contributed by atoms with Crippen LogP contribution in [0.15, 0.2) is 0 Å². The van der Waals surface area contributed by atoms with E-state index in [1.807, 2.05) is 6.92 Å². The van der Waals surface area contributed by atoms with Crippen LogP contribution in [0.2, 0.25) is 0 Å². The Morgan fingerprint density at radius 2 is 2.04 bits per heavy atom. The minimum Gasteiger partial charge on any atom is -0.387 e. The lowest BCUT2D eigenvalue weighted by Crippen LogP contribution is -2.35. The van der Waals surface area contributed by atoms with Crippen molar-refractivity contribution in [1.29, 1.82) is 0 Å². The lowest BCUT2D eigenvalue weighted by atomic mass is 9.94. The van der Waals surface area contributed by atoms with E-state index in [2.05, 4.69) is 0 Å². The molecule has 1 heterocycles. The molecule has 1 saturated heterocycles. The van der Waals surface area contributed by atoms with E-state index < -0.39 is 12.0 Å². The molecule has 0 amide bonds. The molecule has 1 aliphatic heterocycles. The molecule has 0 bridgehead atoms. The van der Waals surface area contributed by atoms with E-state index in [9.17, 15) is 13.9 Å². The van der Waals surface area contributed by atoms with Gasteiger partial charge in [0.25, 0.3) is 5.92 Å². The summed E-state index contributed by atoms with van der Waals surface area (Å²) in [4.78, 5) is 0. The minimum absolute atomic E-state index is 0.106. The first-order chi connectivity index (χ1) is 11.0. The van der Waals surface area contributed by atoms with Gasteiger partial charge in [0, 0.05) is 13.0 Å². The second kappa shape index (κ2) is 9.28. The molecule has 23 heavy (non-hydrogen) atoms. The number of hydrogen-bond acceptors (Lipinski definition) is 3. The van der Waals surface area contributed by atoms with Crippen molar-refractivity contribution in [3.05, 3.63) is 0 Å². The highest BCUT2D eigenvalue weighted by molar-refractivity contribution is 4.83. The van der Waals surface area contributed by atoms with Gasteiger partial charge in [0.1, 0.15) is 6.10 Å². The normalized spacial score (nSPS) is 30.5. The summed E-state index contributed by atoms with van der Waals surface area (Å²) in [6.07, 6.45) is 6.40. The van der Waals surface area contributed by atoms with Gasteiger partial charge in [-0.3, -0.25) is 0 Å². The first-order valence-electron chi connectivity index (χ1n) is 9.36. The highest BCUT2D eigenvalue weighted by Crippen LogP contribution is 2.36. The number of halogens is 2. The average Bonchev–Trinajstić information content (AvgIpc) is 2.98. The van der Waals surface area contributed by atoms with Gasteiger partial charge in [0.2, 0.25) is 0 Å². The Hall–Kier alpha value is -0.260. The maximum Gasteiger partial charge on any atom is 0.273 e. The highest BCUT2D eigenvalue weighted by Gasteiger charge is 2.39. The Kier molecular flexibility index (Phi) is 7.70. The van der Waals surface area contributed by atoms with Crippen molar-refractivity contribution >= 4 is 0 Å². The summed E-state index contributed by atoms with van der Waals surface area (Å²) in [5, 5.41) is 9.86. The monoisotopic (exact) mass is 334 g/mol. The molecule has 0 radical (unpaired) electrons. The molecule has 1 aliphatic carbocycles. The van der Waals surface area contributed by atoms with Crippen LogP contribution in [0.25, 0.3) is 0 Å². The fourth-order valence-corrected chi connectivity index (χ4v) is 3.69. The van der Waals surface area contributed by atoms with Crippen LogP contribution in [0.4, 0.5) is 8.78 Å². The second-order valence-corrected chi connectivity index (χ2v) is 7.12. The summed E-state index contributed by atoms with van der Waals surface area (Å²) in [5.41, 5.74) is 0. The number of unbranched alkanes of at least 4 members (excludes halogenated alkanes) is 1. The van der Waals surface area contributed by atoms with Crippen LogP contribution in [0.1, 0.15) is 77.6 Å². The number of ether oxygens (including phenoxy) is 2. The Labute approximate surface area is 138 Å². The van der Waals surface area contributed by atoms with Crippen molar-refractivity contribution in [3.63, 3.8) is 0 Å². The molecule has 3 nitrogen and oxygen atoms in total. The van der Waals surface area contributed by atoms with Gasteiger partial charge in [0.05, 0.1) is 6.10 Å². The van der Waals surface area contributed by atoms with Crippen molar-refractivity contribution in [2.45, 2.75) is 102 Å². The molecule has 0 aromatic heterocycles. The van der Waals surface area contributed by atoms with Crippen molar-refractivity contribution in [3.8, 4) is 0 Å². The molecule has 0 aromatic carbocycles. The predicted molar refractivity (Wildman–Crippen MR) is 85.5 cm³/mol. The number of rotatable bonds is 9. The SMILES string of the molecule is CCCCC(F)(F)C(O)CCC1CCCC1OC1CCCCO1. The summed E-state index contributed by atoms with van der Waals surface area (Å²) in [6.45, 7) is 2.64. The van der Waals surface area contributed by atoms with Crippen molar-refractivity contribution in [2.24, 2.45) is 5.92 Å². The maximum atomic E-state index is 13.8. The van der Waals surface area contributed by atoms with Gasteiger partial charge in [-0.05, 0) is 57.3 Å². The van der Waals surface area contributed by atoms with Crippen molar-refractivity contribution in [2.75, 3.05) is 6.61 Å². The van der Waals surface area contributed by atoms with Crippen LogP contribution in [0.3, 0.4) is 0 Å². The van der Waals surface area contributed by atoms with Crippen LogP contribution in [-0.4, -0.2) is 36.1 Å². The molecular weight excluding hydrogens is 302 g/mol. The van der Waals surface area contributed by atoms with Crippen LogP contribution < -0.4 is 0 Å². The third-order valence-corrected chi connectivity index (χ3v) is 5.22. The largest absolute Gasteiger partial charge is 0.387 e. The number of hydrogen-bond donors (Lipinski definition) is 1. The molecule has 0 spiro atoms. The summed E-state index contributed by atoms with van der Waals surface area (Å²) in [6, 6.07) is 0. The molecule has 4 unspecified atom stereocenters. The lowest BCUT2D eigenvalue weighted by Gasteiger charge is -2.30. The Balaban J connectivity index is 1.74. The van der Waals surface area contributed by atoms with E-state index in [1.165, 1.54) is 0 Å². The molecule has 0 aromatic rings.